The van der Waals surface area contributed by atoms with E-state index in [1.807, 2.05) is 31.2 Å². The standard InChI is InChI=1S/C23H27ClN4O3S/c1-2-12-28-32(30,31)19-7-3-17(4-8-19)5-10-23(29)27-15-14-26-21-11-13-25-22-16-18(24)6-9-20(21)22/h3-4,6-9,11,13,16,28H,2,5,10,12,14-15H2,1H3,(H,25,26)(H,27,29). The number of nitrogens with one attached hydrogen (secondary N) is 3. The van der Waals surface area contributed by atoms with Gasteiger partial charge in [0.05, 0.1) is 10.4 Å². The zero-order valence-corrected chi connectivity index (χ0v) is 19.5. The van der Waals surface area contributed by atoms with Crippen LogP contribution in [0.25, 0.3) is 10.9 Å². The van der Waals surface area contributed by atoms with E-state index in [4.69, 9.17) is 11.6 Å². The maximum Gasteiger partial charge on any atom is 0.240 e. The van der Waals surface area contributed by atoms with Crippen molar-refractivity contribution in [2.75, 3.05) is 25.0 Å². The van der Waals surface area contributed by atoms with E-state index in [2.05, 4.69) is 20.3 Å². The van der Waals surface area contributed by atoms with E-state index in [0.717, 1.165) is 28.6 Å². The Morgan fingerprint density at radius 1 is 1.03 bits per heavy atom. The molecule has 32 heavy (non-hydrogen) atoms. The van der Waals surface area contributed by atoms with Crippen LogP contribution in [0.3, 0.4) is 0 Å². The van der Waals surface area contributed by atoms with Crippen LogP contribution in [0.4, 0.5) is 5.69 Å². The third kappa shape index (κ3) is 6.66. The Bertz CT molecular complexity index is 1170. The molecule has 0 fully saturated rings. The number of anilines is 1. The van der Waals surface area contributed by atoms with E-state index in [-0.39, 0.29) is 10.8 Å². The second kappa shape index (κ2) is 11.3. The summed E-state index contributed by atoms with van der Waals surface area (Å²) in [4.78, 5) is 16.7. The zero-order chi connectivity index (χ0) is 23.0. The highest BCUT2D eigenvalue weighted by molar-refractivity contribution is 7.89. The quantitative estimate of drug-likeness (QED) is 0.367. The number of amides is 1. The topological polar surface area (TPSA) is 100 Å². The molecule has 0 unspecified atom stereocenters. The number of halogens is 1. The number of aryl methyl sites for hydroxylation is 1. The highest BCUT2D eigenvalue weighted by Crippen LogP contribution is 2.24. The number of carbonyl (C=O) groups is 1. The number of hydrogen-bond donors (Lipinski definition) is 3. The highest BCUT2D eigenvalue weighted by Gasteiger charge is 2.12. The summed E-state index contributed by atoms with van der Waals surface area (Å²) in [6.45, 7) is 3.37. The molecule has 1 aromatic heterocycles. The normalized spacial score (nSPS) is 11.4. The lowest BCUT2D eigenvalue weighted by Crippen LogP contribution is -2.29. The van der Waals surface area contributed by atoms with Gasteiger partial charge in [0.1, 0.15) is 0 Å². The molecule has 1 heterocycles. The average molecular weight is 475 g/mol. The van der Waals surface area contributed by atoms with Gasteiger partial charge in [0.25, 0.3) is 0 Å². The molecule has 7 nitrogen and oxygen atoms in total. The van der Waals surface area contributed by atoms with Crippen molar-refractivity contribution in [2.45, 2.75) is 31.1 Å². The van der Waals surface area contributed by atoms with Crippen molar-refractivity contribution in [2.24, 2.45) is 0 Å². The fourth-order valence-corrected chi connectivity index (χ4v) is 4.48. The van der Waals surface area contributed by atoms with Gasteiger partial charge in [-0.25, -0.2) is 13.1 Å². The van der Waals surface area contributed by atoms with Gasteiger partial charge in [-0.1, -0.05) is 30.7 Å². The van der Waals surface area contributed by atoms with Gasteiger partial charge < -0.3 is 10.6 Å². The van der Waals surface area contributed by atoms with Gasteiger partial charge in [-0.05, 0) is 54.8 Å². The Morgan fingerprint density at radius 3 is 2.56 bits per heavy atom. The lowest BCUT2D eigenvalue weighted by atomic mass is 10.1. The summed E-state index contributed by atoms with van der Waals surface area (Å²) >= 11 is 6.01. The van der Waals surface area contributed by atoms with Crippen molar-refractivity contribution in [3.63, 3.8) is 0 Å². The van der Waals surface area contributed by atoms with Crippen LogP contribution in [0.1, 0.15) is 25.3 Å². The molecule has 3 aromatic rings. The van der Waals surface area contributed by atoms with Crippen molar-refractivity contribution in [3.8, 4) is 0 Å². The fraction of sp³-hybridized carbons (Fsp3) is 0.304. The summed E-state index contributed by atoms with van der Waals surface area (Å²) in [5, 5.41) is 7.81. The molecule has 0 radical (unpaired) electrons. The smallest absolute Gasteiger partial charge is 0.240 e. The van der Waals surface area contributed by atoms with Crippen LogP contribution in [0.5, 0.6) is 0 Å². The Balaban J connectivity index is 1.42. The summed E-state index contributed by atoms with van der Waals surface area (Å²) in [5.74, 6) is -0.0560. The first-order valence-electron chi connectivity index (χ1n) is 10.5. The third-order valence-electron chi connectivity index (χ3n) is 4.88. The van der Waals surface area contributed by atoms with Gasteiger partial charge in [-0.15, -0.1) is 0 Å². The minimum atomic E-state index is -3.47. The predicted molar refractivity (Wildman–Crippen MR) is 128 cm³/mol. The SMILES string of the molecule is CCCNS(=O)(=O)c1ccc(CCC(=O)NCCNc2ccnc3cc(Cl)ccc23)cc1. The molecule has 0 saturated carbocycles. The number of pyridine rings is 1. The number of aromatic nitrogens is 1. The van der Waals surface area contributed by atoms with Gasteiger partial charge in [0, 0.05) is 48.3 Å². The van der Waals surface area contributed by atoms with Crippen molar-refractivity contribution < 1.29 is 13.2 Å². The molecular weight excluding hydrogens is 448 g/mol. The van der Waals surface area contributed by atoms with Crippen LogP contribution >= 0.6 is 11.6 Å². The van der Waals surface area contributed by atoms with Crippen LogP contribution in [-0.2, 0) is 21.2 Å². The number of benzene rings is 2. The highest BCUT2D eigenvalue weighted by atomic mass is 35.5. The minimum absolute atomic E-state index is 0.0560. The first-order valence-corrected chi connectivity index (χ1v) is 12.4. The molecule has 0 spiro atoms. The van der Waals surface area contributed by atoms with Crippen molar-refractivity contribution in [3.05, 3.63) is 65.3 Å². The Hall–Kier alpha value is -2.68. The Labute approximate surface area is 193 Å². The molecule has 0 atom stereocenters. The molecule has 170 valence electrons. The number of carbonyl (C=O) groups excluding carboxylic acids is 1. The second-order valence-corrected chi connectivity index (χ2v) is 9.54. The van der Waals surface area contributed by atoms with Crippen LogP contribution in [0.2, 0.25) is 5.02 Å². The first-order chi connectivity index (χ1) is 15.4. The molecule has 0 aliphatic heterocycles. The molecule has 0 saturated heterocycles. The number of sulfonamides is 1. The van der Waals surface area contributed by atoms with Gasteiger partial charge in [-0.3, -0.25) is 9.78 Å². The summed E-state index contributed by atoms with van der Waals surface area (Å²) in [6, 6.07) is 14.1. The van der Waals surface area contributed by atoms with Gasteiger partial charge in [0.15, 0.2) is 0 Å². The van der Waals surface area contributed by atoms with E-state index >= 15 is 0 Å². The monoisotopic (exact) mass is 474 g/mol. The molecule has 9 heteroatoms. The maximum absolute atomic E-state index is 12.2. The molecule has 0 aliphatic carbocycles. The molecule has 1 amide bonds. The first kappa shape index (κ1) is 24.0. The second-order valence-electron chi connectivity index (χ2n) is 7.34. The number of hydrogen-bond acceptors (Lipinski definition) is 5. The fourth-order valence-electron chi connectivity index (χ4n) is 3.18. The molecule has 3 N–H and O–H groups in total. The molecular formula is C23H27ClN4O3S. The van der Waals surface area contributed by atoms with Gasteiger partial charge in [0.2, 0.25) is 15.9 Å². The zero-order valence-electron chi connectivity index (χ0n) is 17.9. The van der Waals surface area contributed by atoms with Gasteiger partial charge in [-0.2, -0.15) is 0 Å². The summed E-state index contributed by atoms with van der Waals surface area (Å²) in [5.41, 5.74) is 2.66. The lowest BCUT2D eigenvalue weighted by molar-refractivity contribution is -0.120. The molecule has 0 aliphatic rings. The maximum atomic E-state index is 12.2. The molecule has 2 aromatic carbocycles. The number of nitrogens with zero attached hydrogens (tertiary/aromatic N) is 1. The Morgan fingerprint density at radius 2 is 1.81 bits per heavy atom. The Kier molecular flexibility index (Phi) is 8.44. The number of rotatable bonds is 11. The van der Waals surface area contributed by atoms with Crippen LogP contribution < -0.4 is 15.4 Å². The third-order valence-corrected chi connectivity index (χ3v) is 6.60. The van der Waals surface area contributed by atoms with Crippen LogP contribution in [0, 0.1) is 0 Å². The van der Waals surface area contributed by atoms with Crippen molar-refractivity contribution in [1.29, 1.82) is 0 Å². The van der Waals surface area contributed by atoms with E-state index in [1.165, 1.54) is 0 Å². The summed E-state index contributed by atoms with van der Waals surface area (Å²) in [7, 11) is -3.47. The predicted octanol–water partition coefficient (Wildman–Crippen LogP) is 3.74. The van der Waals surface area contributed by atoms with Crippen molar-refractivity contribution >= 4 is 44.1 Å². The van der Waals surface area contributed by atoms with Crippen LogP contribution in [0.15, 0.2) is 59.6 Å². The van der Waals surface area contributed by atoms with Crippen LogP contribution in [-0.4, -0.2) is 38.9 Å². The summed E-state index contributed by atoms with van der Waals surface area (Å²) < 4.78 is 26.8. The minimum Gasteiger partial charge on any atom is -0.383 e. The van der Waals surface area contributed by atoms with E-state index in [9.17, 15) is 13.2 Å². The largest absolute Gasteiger partial charge is 0.383 e. The van der Waals surface area contributed by atoms with E-state index < -0.39 is 10.0 Å². The molecule has 0 bridgehead atoms. The summed E-state index contributed by atoms with van der Waals surface area (Å²) in [6.07, 6.45) is 3.32. The van der Waals surface area contributed by atoms with Gasteiger partial charge >= 0.3 is 0 Å². The van der Waals surface area contributed by atoms with Crippen molar-refractivity contribution in [1.82, 2.24) is 15.0 Å². The lowest BCUT2D eigenvalue weighted by Gasteiger charge is -2.11. The molecule has 3 rings (SSSR count). The van der Waals surface area contributed by atoms with E-state index in [0.29, 0.717) is 37.5 Å². The average Bonchev–Trinajstić information content (AvgIpc) is 2.79. The number of fused-ring (bicyclic) bond motifs is 1. The van der Waals surface area contributed by atoms with E-state index in [1.54, 1.807) is 30.5 Å².